The first kappa shape index (κ1) is 31.1. The van der Waals surface area contributed by atoms with Crippen molar-refractivity contribution in [1.29, 1.82) is 0 Å². The van der Waals surface area contributed by atoms with Crippen LogP contribution < -0.4 is 0 Å². The summed E-state index contributed by atoms with van der Waals surface area (Å²) in [5.41, 5.74) is 0. The average molecular weight is 465 g/mol. The molecule has 0 heterocycles. The van der Waals surface area contributed by atoms with Gasteiger partial charge < -0.3 is 18.9 Å². The molecule has 0 aliphatic heterocycles. The number of alkyl halides is 1. The smallest absolute Gasteiger partial charge is 0.0701 e. The van der Waals surface area contributed by atoms with E-state index in [1.165, 1.54) is 103 Å². The highest BCUT2D eigenvalue weighted by molar-refractivity contribution is 6.17. The van der Waals surface area contributed by atoms with Gasteiger partial charge in [-0.25, -0.2) is 0 Å². The van der Waals surface area contributed by atoms with Crippen LogP contribution in [0.4, 0.5) is 0 Å². The van der Waals surface area contributed by atoms with Gasteiger partial charge in [-0.05, 0) is 6.42 Å². The molecule has 0 aliphatic carbocycles. The van der Waals surface area contributed by atoms with Gasteiger partial charge in [0.25, 0.3) is 0 Å². The van der Waals surface area contributed by atoms with Gasteiger partial charge in [-0.1, -0.05) is 103 Å². The second-order valence-electron chi connectivity index (χ2n) is 8.44. The van der Waals surface area contributed by atoms with Gasteiger partial charge in [-0.15, -0.1) is 11.6 Å². The number of unbranched alkanes of at least 4 members (excludes halogenated alkanes) is 15. The molecule has 4 nitrogen and oxygen atoms in total. The Kier molecular flexibility index (Phi) is 30.3. The normalized spacial score (nSPS) is 11.4. The molecular formula is C26H53ClO4. The Morgan fingerprint density at radius 1 is 0.355 bits per heavy atom. The summed E-state index contributed by atoms with van der Waals surface area (Å²) in [6.07, 6.45) is 22.4. The second-order valence-corrected chi connectivity index (χ2v) is 8.82. The number of rotatable bonds is 28. The molecule has 31 heavy (non-hydrogen) atoms. The SMILES string of the molecule is CCCCCCCCCCCCCCCCCCOCCOCCOCCOCCCl. The summed E-state index contributed by atoms with van der Waals surface area (Å²) in [5.74, 6) is 0.530. The topological polar surface area (TPSA) is 36.9 Å². The van der Waals surface area contributed by atoms with Crippen LogP contribution >= 0.6 is 11.6 Å². The second kappa shape index (κ2) is 30.1. The molecule has 0 spiro atoms. The van der Waals surface area contributed by atoms with E-state index in [2.05, 4.69) is 6.92 Å². The van der Waals surface area contributed by atoms with Crippen LogP contribution in [0.1, 0.15) is 110 Å². The molecule has 0 saturated heterocycles. The molecule has 0 aromatic carbocycles. The summed E-state index contributed by atoms with van der Waals surface area (Å²) >= 11 is 5.51. The zero-order valence-electron chi connectivity index (χ0n) is 20.7. The Bertz CT molecular complexity index is 277. The summed E-state index contributed by atoms with van der Waals surface area (Å²) in [5, 5.41) is 0. The van der Waals surface area contributed by atoms with E-state index < -0.39 is 0 Å². The first-order valence-corrected chi connectivity index (χ1v) is 13.8. The molecule has 0 aromatic heterocycles. The van der Waals surface area contributed by atoms with Crippen LogP contribution in [0.5, 0.6) is 0 Å². The van der Waals surface area contributed by atoms with Crippen molar-refractivity contribution in [3.05, 3.63) is 0 Å². The van der Waals surface area contributed by atoms with Crippen molar-refractivity contribution in [3.63, 3.8) is 0 Å². The number of hydrogen-bond acceptors (Lipinski definition) is 4. The van der Waals surface area contributed by atoms with Gasteiger partial charge in [0.15, 0.2) is 0 Å². The number of ether oxygens (including phenoxy) is 4. The molecule has 0 radical (unpaired) electrons. The van der Waals surface area contributed by atoms with Crippen LogP contribution in [0, 0.1) is 0 Å². The molecule has 5 heteroatoms. The standard InChI is InChI=1S/C26H53ClO4/c1-2-3-4-5-6-7-8-9-10-11-12-13-14-15-16-17-19-28-21-23-30-25-26-31-24-22-29-20-18-27/h2-26H2,1H3. The van der Waals surface area contributed by atoms with E-state index in [1.54, 1.807) is 0 Å². The molecular weight excluding hydrogens is 412 g/mol. The van der Waals surface area contributed by atoms with Gasteiger partial charge in [0.05, 0.1) is 46.2 Å². The van der Waals surface area contributed by atoms with Crippen LogP contribution in [0.3, 0.4) is 0 Å². The van der Waals surface area contributed by atoms with E-state index in [9.17, 15) is 0 Å². The van der Waals surface area contributed by atoms with Gasteiger partial charge in [0.1, 0.15) is 0 Å². The molecule has 188 valence electrons. The Morgan fingerprint density at radius 3 is 1.00 bits per heavy atom. The van der Waals surface area contributed by atoms with Gasteiger partial charge in [0.2, 0.25) is 0 Å². The lowest BCUT2D eigenvalue weighted by Crippen LogP contribution is -2.12. The van der Waals surface area contributed by atoms with Crippen molar-refractivity contribution < 1.29 is 18.9 Å². The van der Waals surface area contributed by atoms with Crippen LogP contribution in [0.25, 0.3) is 0 Å². The van der Waals surface area contributed by atoms with Gasteiger partial charge >= 0.3 is 0 Å². The average Bonchev–Trinajstić information content (AvgIpc) is 2.78. The van der Waals surface area contributed by atoms with Crippen molar-refractivity contribution in [2.45, 2.75) is 110 Å². The monoisotopic (exact) mass is 464 g/mol. The Balaban J connectivity index is 2.98. The third kappa shape index (κ3) is 30.1. The van der Waals surface area contributed by atoms with Crippen LogP contribution in [0.15, 0.2) is 0 Å². The quantitative estimate of drug-likeness (QED) is 0.0884. The van der Waals surface area contributed by atoms with Crippen molar-refractivity contribution in [1.82, 2.24) is 0 Å². The number of hydrogen-bond donors (Lipinski definition) is 0. The number of halogens is 1. The third-order valence-corrected chi connectivity index (χ3v) is 5.63. The third-order valence-electron chi connectivity index (χ3n) is 5.48. The summed E-state index contributed by atoms with van der Waals surface area (Å²) in [7, 11) is 0. The Labute approximate surface area is 199 Å². The fourth-order valence-corrected chi connectivity index (χ4v) is 3.68. The lowest BCUT2D eigenvalue weighted by Gasteiger charge is -2.07. The van der Waals surface area contributed by atoms with Gasteiger partial charge in [0, 0.05) is 12.5 Å². The van der Waals surface area contributed by atoms with E-state index in [-0.39, 0.29) is 0 Å². The van der Waals surface area contributed by atoms with Crippen molar-refractivity contribution in [2.24, 2.45) is 0 Å². The summed E-state index contributed by atoms with van der Waals surface area (Å²) < 4.78 is 21.7. The Morgan fingerprint density at radius 2 is 0.645 bits per heavy atom. The van der Waals surface area contributed by atoms with E-state index in [1.807, 2.05) is 0 Å². The molecule has 0 aliphatic rings. The minimum atomic E-state index is 0.530. The lowest BCUT2D eigenvalue weighted by molar-refractivity contribution is -0.000661. The minimum Gasteiger partial charge on any atom is -0.379 e. The van der Waals surface area contributed by atoms with E-state index in [0.717, 1.165) is 6.61 Å². The highest BCUT2D eigenvalue weighted by atomic mass is 35.5. The summed E-state index contributed by atoms with van der Waals surface area (Å²) in [6, 6.07) is 0. The van der Waals surface area contributed by atoms with E-state index >= 15 is 0 Å². The fraction of sp³-hybridized carbons (Fsp3) is 1.00. The summed E-state index contributed by atoms with van der Waals surface area (Å²) in [6.45, 7) is 7.44. The van der Waals surface area contributed by atoms with Gasteiger partial charge in [-0.2, -0.15) is 0 Å². The van der Waals surface area contributed by atoms with E-state index in [0.29, 0.717) is 52.1 Å². The maximum absolute atomic E-state index is 5.63. The predicted molar refractivity (Wildman–Crippen MR) is 134 cm³/mol. The van der Waals surface area contributed by atoms with Gasteiger partial charge in [-0.3, -0.25) is 0 Å². The highest BCUT2D eigenvalue weighted by Gasteiger charge is 1.96. The maximum Gasteiger partial charge on any atom is 0.0701 e. The molecule has 0 amide bonds. The van der Waals surface area contributed by atoms with Crippen molar-refractivity contribution in [2.75, 3.05) is 58.7 Å². The first-order valence-electron chi connectivity index (χ1n) is 13.3. The Hall–Kier alpha value is 0.130. The van der Waals surface area contributed by atoms with Crippen LogP contribution in [0.2, 0.25) is 0 Å². The molecule has 0 saturated carbocycles. The van der Waals surface area contributed by atoms with Crippen LogP contribution in [-0.2, 0) is 18.9 Å². The van der Waals surface area contributed by atoms with Crippen LogP contribution in [-0.4, -0.2) is 58.7 Å². The minimum absolute atomic E-state index is 0.530. The predicted octanol–water partition coefficient (Wildman–Crippen LogP) is 7.55. The molecule has 0 bridgehead atoms. The molecule has 0 fully saturated rings. The maximum atomic E-state index is 5.63. The summed E-state index contributed by atoms with van der Waals surface area (Å²) in [4.78, 5) is 0. The largest absolute Gasteiger partial charge is 0.379 e. The fourth-order valence-electron chi connectivity index (χ4n) is 3.57. The molecule has 0 aromatic rings. The first-order chi connectivity index (χ1) is 15.4. The molecule has 0 atom stereocenters. The molecule has 0 unspecified atom stereocenters. The highest BCUT2D eigenvalue weighted by Crippen LogP contribution is 2.13. The zero-order valence-corrected chi connectivity index (χ0v) is 21.4. The molecule has 0 rings (SSSR count). The lowest BCUT2D eigenvalue weighted by atomic mass is 10.0. The van der Waals surface area contributed by atoms with Crippen molar-refractivity contribution >= 4 is 11.6 Å². The van der Waals surface area contributed by atoms with E-state index in [4.69, 9.17) is 30.5 Å². The zero-order chi connectivity index (χ0) is 22.5. The van der Waals surface area contributed by atoms with Crippen molar-refractivity contribution in [3.8, 4) is 0 Å². The molecule has 0 N–H and O–H groups in total.